The number of carboxylic acids is 1. The van der Waals surface area contributed by atoms with Crippen molar-refractivity contribution in [3.05, 3.63) is 0 Å². The number of ether oxygens (including phenoxy) is 1. The normalized spacial score (nSPS) is 28.2. The van der Waals surface area contributed by atoms with Crippen molar-refractivity contribution in [2.45, 2.75) is 25.3 Å². The lowest BCUT2D eigenvalue weighted by Crippen LogP contribution is -2.40. The van der Waals surface area contributed by atoms with Crippen molar-refractivity contribution < 1.29 is 24.5 Å². The molecule has 0 aromatic carbocycles. The number of rotatable bonds is 1. The summed E-state index contributed by atoms with van der Waals surface area (Å²) in [5, 5.41) is 18.0. The molecule has 0 aromatic rings. The minimum Gasteiger partial charge on any atom is -0.480 e. The minimum absolute atomic E-state index is 0.181. The lowest BCUT2D eigenvalue weighted by molar-refractivity contribution is -0.141. The predicted molar refractivity (Wildman–Crippen MR) is 53.3 cm³/mol. The topological polar surface area (TPSA) is 87.1 Å². The highest BCUT2D eigenvalue weighted by molar-refractivity contribution is 5.80. The number of amides is 1. The van der Waals surface area contributed by atoms with Crippen LogP contribution in [0.1, 0.15) is 19.3 Å². The molecule has 1 atom stereocenters. The Balaban J connectivity index is 2.16. The van der Waals surface area contributed by atoms with Crippen molar-refractivity contribution in [3.8, 4) is 0 Å². The second-order valence-corrected chi connectivity index (χ2v) is 4.58. The van der Waals surface area contributed by atoms with Crippen LogP contribution in [0.15, 0.2) is 0 Å². The lowest BCUT2D eigenvalue weighted by Gasteiger charge is -2.32. The van der Waals surface area contributed by atoms with E-state index in [1.165, 1.54) is 0 Å². The van der Waals surface area contributed by atoms with E-state index in [-0.39, 0.29) is 5.41 Å². The molecule has 2 fully saturated rings. The molecule has 0 aliphatic carbocycles. The molecule has 1 spiro atoms. The fourth-order valence-corrected chi connectivity index (χ4v) is 2.64. The molecule has 2 N–H and O–H groups in total. The van der Waals surface area contributed by atoms with E-state index < -0.39 is 18.1 Å². The zero-order chi connectivity index (χ0) is 11.8. The fraction of sp³-hybridized carbons (Fsp3) is 0.800. The molecule has 6 nitrogen and oxygen atoms in total. The molecule has 2 saturated heterocycles. The predicted octanol–water partition coefficient (Wildman–Crippen LogP) is 0.620. The monoisotopic (exact) mass is 229 g/mol. The van der Waals surface area contributed by atoms with Crippen LogP contribution in [-0.4, -0.2) is 53.0 Å². The van der Waals surface area contributed by atoms with Gasteiger partial charge in [-0.25, -0.2) is 9.59 Å². The molecule has 0 radical (unpaired) electrons. The molecule has 1 amide bonds. The van der Waals surface area contributed by atoms with Gasteiger partial charge in [-0.05, 0) is 24.7 Å². The fourth-order valence-electron chi connectivity index (χ4n) is 2.64. The second kappa shape index (κ2) is 3.93. The summed E-state index contributed by atoms with van der Waals surface area (Å²) in [6.07, 6.45) is 0.773. The third kappa shape index (κ3) is 1.84. The van der Waals surface area contributed by atoms with Gasteiger partial charge in [0.15, 0.2) is 0 Å². The van der Waals surface area contributed by atoms with E-state index in [1.807, 2.05) is 0 Å². The van der Waals surface area contributed by atoms with E-state index in [2.05, 4.69) is 0 Å². The molecular formula is C10H15NO5. The molecule has 90 valence electrons. The standard InChI is InChI=1S/C10H15NO5/c12-8(13)7-5-10(1-3-16-4-2-10)6-11(7)9(14)15/h7H,1-6H2,(H,12,13)(H,14,15)/t7-/m0/s1. The first kappa shape index (κ1) is 11.2. The van der Waals surface area contributed by atoms with Gasteiger partial charge in [-0.2, -0.15) is 0 Å². The van der Waals surface area contributed by atoms with Crippen molar-refractivity contribution in [1.29, 1.82) is 0 Å². The largest absolute Gasteiger partial charge is 0.480 e. The number of carbonyl (C=O) groups is 2. The van der Waals surface area contributed by atoms with Crippen LogP contribution in [0, 0.1) is 5.41 Å². The summed E-state index contributed by atoms with van der Waals surface area (Å²) in [7, 11) is 0. The molecule has 2 aliphatic rings. The Labute approximate surface area is 92.8 Å². The van der Waals surface area contributed by atoms with Gasteiger partial charge in [0.1, 0.15) is 6.04 Å². The summed E-state index contributed by atoms with van der Waals surface area (Å²) in [6.45, 7) is 1.52. The van der Waals surface area contributed by atoms with Gasteiger partial charge in [0.2, 0.25) is 0 Å². The van der Waals surface area contributed by atoms with Crippen molar-refractivity contribution in [2.75, 3.05) is 19.8 Å². The zero-order valence-corrected chi connectivity index (χ0v) is 8.89. The zero-order valence-electron chi connectivity index (χ0n) is 8.89. The van der Waals surface area contributed by atoms with Gasteiger partial charge in [-0.15, -0.1) is 0 Å². The van der Waals surface area contributed by atoms with Crippen LogP contribution in [-0.2, 0) is 9.53 Å². The first-order valence-electron chi connectivity index (χ1n) is 5.34. The van der Waals surface area contributed by atoms with Crippen molar-refractivity contribution in [1.82, 2.24) is 4.90 Å². The first-order chi connectivity index (χ1) is 7.54. The van der Waals surface area contributed by atoms with E-state index in [1.54, 1.807) is 0 Å². The van der Waals surface area contributed by atoms with Crippen molar-refractivity contribution in [3.63, 3.8) is 0 Å². The van der Waals surface area contributed by atoms with Crippen LogP contribution in [0.2, 0.25) is 0 Å². The molecule has 2 aliphatic heterocycles. The van der Waals surface area contributed by atoms with E-state index >= 15 is 0 Å². The molecule has 2 heterocycles. The Morgan fingerprint density at radius 2 is 1.88 bits per heavy atom. The molecule has 0 unspecified atom stereocenters. The van der Waals surface area contributed by atoms with E-state index in [4.69, 9.17) is 14.9 Å². The highest BCUT2D eigenvalue weighted by Crippen LogP contribution is 2.42. The Hall–Kier alpha value is -1.30. The molecule has 0 saturated carbocycles. The van der Waals surface area contributed by atoms with Gasteiger partial charge in [-0.3, -0.25) is 4.90 Å². The first-order valence-corrected chi connectivity index (χ1v) is 5.34. The summed E-state index contributed by atoms with van der Waals surface area (Å²) in [5.41, 5.74) is -0.181. The van der Waals surface area contributed by atoms with Gasteiger partial charge in [-0.1, -0.05) is 0 Å². The Morgan fingerprint density at radius 1 is 1.25 bits per heavy atom. The molecular weight excluding hydrogens is 214 g/mol. The van der Waals surface area contributed by atoms with E-state index in [0.717, 1.165) is 17.7 Å². The highest BCUT2D eigenvalue weighted by Gasteiger charge is 2.49. The third-order valence-electron chi connectivity index (χ3n) is 3.59. The average Bonchev–Trinajstić information content (AvgIpc) is 2.59. The summed E-state index contributed by atoms with van der Waals surface area (Å²) in [6, 6.07) is -0.893. The molecule has 0 aromatic heterocycles. The molecule has 0 bridgehead atoms. The van der Waals surface area contributed by atoms with Gasteiger partial charge in [0.05, 0.1) is 0 Å². The SMILES string of the molecule is O=C(O)[C@@H]1CC2(CCOCC2)CN1C(=O)O. The van der Waals surface area contributed by atoms with Crippen LogP contribution >= 0.6 is 0 Å². The number of carboxylic acid groups (broad SMARTS) is 2. The summed E-state index contributed by atoms with van der Waals surface area (Å²) < 4.78 is 5.23. The van der Waals surface area contributed by atoms with Gasteiger partial charge >= 0.3 is 12.1 Å². The summed E-state index contributed by atoms with van der Waals surface area (Å²) in [5.74, 6) is -1.05. The van der Waals surface area contributed by atoms with Crippen LogP contribution < -0.4 is 0 Å². The number of aliphatic carboxylic acids is 1. The van der Waals surface area contributed by atoms with Crippen LogP contribution in [0.5, 0.6) is 0 Å². The van der Waals surface area contributed by atoms with Crippen LogP contribution in [0.25, 0.3) is 0 Å². The molecule has 16 heavy (non-hydrogen) atoms. The van der Waals surface area contributed by atoms with Crippen LogP contribution in [0.4, 0.5) is 4.79 Å². The van der Waals surface area contributed by atoms with Crippen molar-refractivity contribution in [2.24, 2.45) is 5.41 Å². The Kier molecular flexibility index (Phi) is 2.75. The average molecular weight is 229 g/mol. The van der Waals surface area contributed by atoms with Gasteiger partial charge in [0.25, 0.3) is 0 Å². The maximum atomic E-state index is 11.0. The number of hydrogen-bond donors (Lipinski definition) is 2. The highest BCUT2D eigenvalue weighted by atomic mass is 16.5. The number of nitrogens with zero attached hydrogens (tertiary/aromatic N) is 1. The van der Waals surface area contributed by atoms with E-state index in [0.29, 0.717) is 26.2 Å². The van der Waals surface area contributed by atoms with Gasteiger partial charge in [0, 0.05) is 19.8 Å². The second-order valence-electron chi connectivity index (χ2n) is 4.58. The quantitative estimate of drug-likeness (QED) is 0.688. The number of hydrogen-bond acceptors (Lipinski definition) is 3. The van der Waals surface area contributed by atoms with Crippen LogP contribution in [0.3, 0.4) is 0 Å². The lowest BCUT2D eigenvalue weighted by atomic mass is 9.78. The molecule has 6 heteroatoms. The summed E-state index contributed by atoms with van der Waals surface area (Å²) >= 11 is 0. The Morgan fingerprint density at radius 3 is 2.31 bits per heavy atom. The Bertz CT molecular complexity index is 286. The van der Waals surface area contributed by atoms with Gasteiger partial charge < -0.3 is 14.9 Å². The maximum Gasteiger partial charge on any atom is 0.408 e. The maximum absolute atomic E-state index is 11.0. The summed E-state index contributed by atoms with van der Waals surface area (Å²) in [4.78, 5) is 23.0. The smallest absolute Gasteiger partial charge is 0.408 e. The third-order valence-corrected chi connectivity index (χ3v) is 3.59. The minimum atomic E-state index is -1.14. The van der Waals surface area contributed by atoms with Crippen molar-refractivity contribution >= 4 is 12.1 Å². The van der Waals surface area contributed by atoms with E-state index in [9.17, 15) is 9.59 Å². The molecule has 2 rings (SSSR count). The number of likely N-dealkylation sites (tertiary alicyclic amines) is 1.